The first kappa shape index (κ1) is 55.4. The highest BCUT2D eigenvalue weighted by molar-refractivity contribution is 7.43. The highest BCUT2D eigenvalue weighted by Gasteiger charge is 2.40. The van der Waals surface area contributed by atoms with E-state index in [0.29, 0.717) is 12.2 Å². The van der Waals surface area contributed by atoms with Crippen LogP contribution in [0.25, 0.3) is 0 Å². The molecule has 4 nitrogen and oxygen atoms in total. The summed E-state index contributed by atoms with van der Waals surface area (Å²) in [6.45, 7) is 57.4. The molecule has 1 N–H and O–H groups in total. The zero-order valence-electron chi connectivity index (χ0n) is 47.9. The minimum atomic E-state index is -2.11. The van der Waals surface area contributed by atoms with Crippen LogP contribution in [0.15, 0.2) is 48.5 Å². The van der Waals surface area contributed by atoms with Crippen LogP contribution in [0, 0.1) is 0 Å². The molecule has 0 bridgehead atoms. The zero-order chi connectivity index (χ0) is 51.7. The van der Waals surface area contributed by atoms with E-state index in [4.69, 9.17) is 13.6 Å². The van der Waals surface area contributed by atoms with E-state index in [1.54, 1.807) is 0 Å². The van der Waals surface area contributed by atoms with E-state index in [0.717, 1.165) is 87.4 Å². The van der Waals surface area contributed by atoms with Gasteiger partial charge in [0.25, 0.3) is 0 Å². The Labute approximate surface area is 418 Å². The van der Waals surface area contributed by atoms with Crippen LogP contribution in [-0.4, -0.2) is 5.11 Å². The van der Waals surface area contributed by atoms with Crippen molar-refractivity contribution in [1.82, 2.24) is 0 Å². The molecule has 1 aliphatic rings. The lowest BCUT2D eigenvalue weighted by Crippen LogP contribution is -2.24. The smallest absolute Gasteiger partial charge is 0.507 e. The van der Waals surface area contributed by atoms with Crippen LogP contribution in [0.3, 0.4) is 0 Å². The van der Waals surface area contributed by atoms with Gasteiger partial charge in [0.1, 0.15) is 23.0 Å². The molecule has 68 heavy (non-hydrogen) atoms. The summed E-state index contributed by atoms with van der Waals surface area (Å²) in [5.41, 5.74) is 12.4. The minimum Gasteiger partial charge on any atom is -0.507 e. The van der Waals surface area contributed by atoms with Crippen LogP contribution < -0.4 is 13.6 Å². The van der Waals surface area contributed by atoms with Crippen molar-refractivity contribution < 1.29 is 18.7 Å². The predicted octanol–water partition coefficient (Wildman–Crippen LogP) is 19.2. The highest BCUT2D eigenvalue weighted by Crippen LogP contribution is 2.57. The summed E-state index contributed by atoms with van der Waals surface area (Å²) in [5.74, 6) is 2.63. The minimum absolute atomic E-state index is 0.0805. The first-order valence-corrected chi connectivity index (χ1v) is 27.2. The molecule has 0 saturated heterocycles. The molecule has 0 spiro atoms. The molecule has 1 atom stereocenters. The Morgan fingerprint density at radius 1 is 0.456 bits per heavy atom. The van der Waals surface area contributed by atoms with Crippen LogP contribution in [0.2, 0.25) is 0 Å². The highest BCUT2D eigenvalue weighted by atomic mass is 31.2. The summed E-state index contributed by atoms with van der Waals surface area (Å²) >= 11 is 0. The molecular formula is C63H95O4P. The van der Waals surface area contributed by atoms with Gasteiger partial charge in [0.05, 0.1) is 0 Å². The van der Waals surface area contributed by atoms with Gasteiger partial charge in [-0.25, -0.2) is 0 Å². The van der Waals surface area contributed by atoms with Crippen molar-refractivity contribution in [3.05, 3.63) is 115 Å². The van der Waals surface area contributed by atoms with Crippen LogP contribution in [0.4, 0.5) is 0 Å². The molecule has 0 radical (unpaired) electrons. The van der Waals surface area contributed by atoms with Gasteiger partial charge in [0.2, 0.25) is 0 Å². The van der Waals surface area contributed by atoms with Crippen molar-refractivity contribution in [2.45, 2.75) is 254 Å². The Hall–Kier alpha value is -3.49. The molecule has 1 aliphatic heterocycles. The zero-order valence-corrected chi connectivity index (χ0v) is 48.7. The van der Waals surface area contributed by atoms with Gasteiger partial charge >= 0.3 is 8.60 Å². The van der Waals surface area contributed by atoms with E-state index in [1.165, 1.54) is 22.3 Å². The number of aromatic hydroxyl groups is 1. The van der Waals surface area contributed by atoms with Crippen molar-refractivity contribution >= 4 is 8.60 Å². The second-order valence-corrected chi connectivity index (χ2v) is 28.3. The molecular weight excluding hydrogens is 852 g/mol. The molecule has 4 aromatic rings. The summed E-state index contributed by atoms with van der Waals surface area (Å²) in [6, 6.07) is 18.9. The SMILES string of the molecule is CCC(C)(C)c1cc(C(C)c2cc(C(C)(C)CC)cc(C(C)(C)CC)c2OP2Oc3c(cc(C(C)(C)C)cc3C(C)(C)C)Cc3cc(C(C)(C)C)cc(C(C)(C)C)c3O2)c(O)c(C(C)(C)CC)c1. The summed E-state index contributed by atoms with van der Waals surface area (Å²) in [7, 11) is -2.11. The fourth-order valence-electron chi connectivity index (χ4n) is 9.14. The van der Waals surface area contributed by atoms with E-state index < -0.39 is 8.60 Å². The topological polar surface area (TPSA) is 47.9 Å². The van der Waals surface area contributed by atoms with Gasteiger partial charge in [0.15, 0.2) is 0 Å². The number of phenolic OH excluding ortho intramolecular Hbond substituents is 1. The Morgan fingerprint density at radius 3 is 1.18 bits per heavy atom. The third-order valence-corrected chi connectivity index (χ3v) is 17.3. The molecule has 1 heterocycles. The lowest BCUT2D eigenvalue weighted by atomic mass is 9.72. The van der Waals surface area contributed by atoms with E-state index >= 15 is 0 Å². The standard InChI is InChI=1S/C63H95O4P/c1-26-60(18,19)44-33-46(52(64)48(37-44)62(22,23)28-3)39(5)47-34-45(61(20,21)27-2)38-51(63(24,25)29-4)55(47)67-68-65-53-40(31-42(56(6,7)8)35-49(53)58(12,13)14)30-41-32-43(57(9,10)11)36-50(54(41)66-68)59(15,16)17/h31-39,64H,26-30H2,1-25H3. The molecule has 0 fully saturated rings. The molecule has 0 saturated carbocycles. The Balaban J connectivity index is 1.97. The molecule has 376 valence electrons. The summed E-state index contributed by atoms with van der Waals surface area (Å²) in [5, 5.41) is 12.7. The Bertz CT molecular complexity index is 2390. The second kappa shape index (κ2) is 18.9. The largest absolute Gasteiger partial charge is 0.530 e. The number of rotatable bonds is 12. The van der Waals surface area contributed by atoms with E-state index in [9.17, 15) is 5.11 Å². The van der Waals surface area contributed by atoms with Crippen LogP contribution in [0.5, 0.6) is 23.0 Å². The monoisotopic (exact) mass is 947 g/mol. The van der Waals surface area contributed by atoms with Crippen molar-refractivity contribution in [1.29, 1.82) is 0 Å². The first-order chi connectivity index (χ1) is 30.8. The third-order valence-electron chi connectivity index (χ3n) is 16.3. The van der Waals surface area contributed by atoms with E-state index in [1.807, 2.05) is 0 Å². The fraction of sp³-hybridized carbons (Fsp3) is 0.619. The van der Waals surface area contributed by atoms with Gasteiger partial charge in [-0.15, -0.1) is 0 Å². The molecule has 0 aliphatic carbocycles. The Morgan fingerprint density at radius 2 is 0.809 bits per heavy atom. The van der Waals surface area contributed by atoms with Gasteiger partial charge in [-0.05, 0) is 102 Å². The van der Waals surface area contributed by atoms with Crippen molar-refractivity contribution in [2.24, 2.45) is 0 Å². The fourth-order valence-corrected chi connectivity index (χ4v) is 10.3. The Kier molecular flexibility index (Phi) is 15.4. The number of benzene rings is 4. The summed E-state index contributed by atoms with van der Waals surface area (Å²) in [4.78, 5) is 0. The molecule has 5 rings (SSSR count). The van der Waals surface area contributed by atoms with Gasteiger partial charge in [0, 0.05) is 45.7 Å². The molecule has 4 aromatic carbocycles. The van der Waals surface area contributed by atoms with E-state index in [2.05, 4.69) is 222 Å². The maximum atomic E-state index is 12.7. The lowest BCUT2D eigenvalue weighted by Gasteiger charge is -2.36. The number of hydrogen-bond donors (Lipinski definition) is 1. The van der Waals surface area contributed by atoms with Crippen molar-refractivity contribution in [2.75, 3.05) is 0 Å². The van der Waals surface area contributed by atoms with Gasteiger partial charge in [-0.1, -0.05) is 222 Å². The molecule has 5 heteroatoms. The second-order valence-electron chi connectivity index (χ2n) is 27.3. The van der Waals surface area contributed by atoms with Crippen molar-refractivity contribution in [3.8, 4) is 23.0 Å². The van der Waals surface area contributed by atoms with Gasteiger partial charge in [-0.3, -0.25) is 0 Å². The maximum Gasteiger partial charge on any atom is 0.530 e. The molecule has 1 unspecified atom stereocenters. The quantitative estimate of drug-likeness (QED) is 0.144. The maximum absolute atomic E-state index is 12.7. The normalized spacial score (nSPS) is 15.2. The number of phenols is 1. The van der Waals surface area contributed by atoms with Crippen LogP contribution >= 0.6 is 8.60 Å². The van der Waals surface area contributed by atoms with Crippen molar-refractivity contribution in [3.63, 3.8) is 0 Å². The number of hydrogen-bond acceptors (Lipinski definition) is 4. The van der Waals surface area contributed by atoms with Crippen LogP contribution in [-0.2, 0) is 49.7 Å². The van der Waals surface area contributed by atoms with E-state index in [-0.39, 0.29) is 49.2 Å². The van der Waals surface area contributed by atoms with Gasteiger partial charge in [-0.2, -0.15) is 0 Å². The lowest BCUT2D eigenvalue weighted by molar-refractivity contribution is 0.360. The van der Waals surface area contributed by atoms with Crippen LogP contribution in [0.1, 0.15) is 271 Å². The third kappa shape index (κ3) is 11.3. The summed E-state index contributed by atoms with van der Waals surface area (Å²) in [6.07, 6.45) is 4.41. The van der Waals surface area contributed by atoms with Gasteiger partial charge < -0.3 is 18.7 Å². The average molecular weight is 947 g/mol. The first-order valence-electron chi connectivity index (χ1n) is 26.1. The molecule has 0 aromatic heterocycles. The molecule has 0 amide bonds. The predicted molar refractivity (Wildman–Crippen MR) is 295 cm³/mol. The number of fused-ring (bicyclic) bond motifs is 2. The summed E-state index contributed by atoms with van der Waals surface area (Å²) < 4.78 is 22.7. The average Bonchev–Trinajstić information content (AvgIpc) is 3.21.